The van der Waals surface area contributed by atoms with E-state index < -0.39 is 11.7 Å². The smallest absolute Gasteiger partial charge is 0.351 e. The molecule has 1 aromatic heterocycles. The largest absolute Gasteiger partial charge is 0.416 e. The number of aromatic nitrogens is 1. The van der Waals surface area contributed by atoms with E-state index in [1.807, 2.05) is 18.2 Å². The average molecular weight is 362 g/mol. The normalized spacial score (nSPS) is 14.8. The van der Waals surface area contributed by atoms with E-state index in [1.165, 1.54) is 24.4 Å². The average Bonchev–Trinajstić information content (AvgIpc) is 3.30. The first kappa shape index (κ1) is 16.4. The van der Waals surface area contributed by atoms with Gasteiger partial charge in [0.15, 0.2) is 0 Å². The van der Waals surface area contributed by atoms with Gasteiger partial charge in [-0.05, 0) is 60.1 Å². The van der Waals surface area contributed by atoms with Gasteiger partial charge in [-0.3, -0.25) is 0 Å². The summed E-state index contributed by atoms with van der Waals surface area (Å²) in [5.74, 6) is 1.60. The Bertz CT molecular complexity index is 866. The second-order valence-corrected chi connectivity index (χ2v) is 7.33. The van der Waals surface area contributed by atoms with E-state index in [4.69, 9.17) is 0 Å². The minimum atomic E-state index is -4.29. The van der Waals surface area contributed by atoms with E-state index >= 15 is 0 Å². The molecule has 0 radical (unpaired) electrons. The molecule has 1 fully saturated rings. The van der Waals surface area contributed by atoms with Crippen molar-refractivity contribution < 1.29 is 13.2 Å². The second kappa shape index (κ2) is 6.33. The molecule has 3 aromatic rings. The van der Waals surface area contributed by atoms with Gasteiger partial charge < -0.3 is 4.90 Å². The highest BCUT2D eigenvalue weighted by Gasteiger charge is 2.30. The first-order valence-electron chi connectivity index (χ1n) is 8.26. The molecule has 1 aliphatic carbocycles. The Morgan fingerprint density at radius 3 is 2.44 bits per heavy atom. The number of nitrogens with zero attached hydrogens (tertiary/aromatic N) is 2. The van der Waals surface area contributed by atoms with E-state index in [-0.39, 0.29) is 0 Å². The lowest BCUT2D eigenvalue weighted by Crippen LogP contribution is -2.25. The van der Waals surface area contributed by atoms with Gasteiger partial charge in [-0.15, -0.1) is 0 Å². The molecule has 0 N–H and O–H groups in total. The van der Waals surface area contributed by atoms with Crippen LogP contribution in [0.5, 0.6) is 0 Å². The monoisotopic (exact) mass is 362 g/mol. The fourth-order valence-corrected chi connectivity index (χ4v) is 3.75. The van der Waals surface area contributed by atoms with Crippen molar-refractivity contribution in [3.63, 3.8) is 0 Å². The third-order valence-electron chi connectivity index (χ3n) is 4.49. The van der Waals surface area contributed by atoms with Gasteiger partial charge >= 0.3 is 6.18 Å². The second-order valence-electron chi connectivity index (χ2n) is 6.52. The fourth-order valence-electron chi connectivity index (χ4n) is 2.96. The highest BCUT2D eigenvalue weighted by Crippen LogP contribution is 2.36. The summed E-state index contributed by atoms with van der Waals surface area (Å²) in [5, 5.41) is 1.11. The number of hydrogen-bond acceptors (Lipinski definition) is 3. The SMILES string of the molecule is FC(F)(F)c1ccc(CN(CC2CC2)c2nsc3ccccc23)cc1. The molecule has 0 saturated heterocycles. The summed E-state index contributed by atoms with van der Waals surface area (Å²) in [4.78, 5) is 2.21. The number of benzene rings is 2. The molecular formula is C19H17F3N2S. The summed E-state index contributed by atoms with van der Waals surface area (Å²) in [7, 11) is 0. The minimum Gasteiger partial charge on any atom is -0.351 e. The van der Waals surface area contributed by atoms with Crippen LogP contribution in [-0.4, -0.2) is 10.9 Å². The highest BCUT2D eigenvalue weighted by atomic mass is 32.1. The van der Waals surface area contributed by atoms with Crippen molar-refractivity contribution in [3.05, 3.63) is 59.7 Å². The van der Waals surface area contributed by atoms with Crippen molar-refractivity contribution >= 4 is 27.4 Å². The van der Waals surface area contributed by atoms with Crippen LogP contribution in [0.3, 0.4) is 0 Å². The molecular weight excluding hydrogens is 345 g/mol. The quantitative estimate of drug-likeness (QED) is 0.576. The molecule has 0 bridgehead atoms. The van der Waals surface area contributed by atoms with E-state index in [0.717, 1.165) is 40.1 Å². The Balaban J connectivity index is 1.61. The number of anilines is 1. The molecule has 1 aliphatic rings. The molecule has 0 amide bonds. The zero-order valence-corrected chi connectivity index (χ0v) is 14.3. The van der Waals surface area contributed by atoms with Crippen LogP contribution < -0.4 is 4.90 Å². The summed E-state index contributed by atoms with van der Waals surface area (Å²) in [5.41, 5.74) is 0.259. The fraction of sp³-hybridized carbons (Fsp3) is 0.316. The molecule has 0 unspecified atom stereocenters. The van der Waals surface area contributed by atoms with Crippen LogP contribution in [0.1, 0.15) is 24.0 Å². The summed E-state index contributed by atoms with van der Waals surface area (Å²) in [6.07, 6.45) is -1.87. The third-order valence-corrected chi connectivity index (χ3v) is 5.31. The van der Waals surface area contributed by atoms with Gasteiger partial charge in [0.05, 0.1) is 10.3 Å². The number of hydrogen-bond donors (Lipinski definition) is 0. The van der Waals surface area contributed by atoms with Crippen LogP contribution in [0.4, 0.5) is 19.0 Å². The van der Waals surface area contributed by atoms with Crippen LogP contribution in [0, 0.1) is 5.92 Å². The van der Waals surface area contributed by atoms with E-state index in [9.17, 15) is 13.2 Å². The Morgan fingerprint density at radius 2 is 1.76 bits per heavy atom. The van der Waals surface area contributed by atoms with Crippen LogP contribution in [0.15, 0.2) is 48.5 Å². The summed E-state index contributed by atoms with van der Waals surface area (Å²) in [6.45, 7) is 1.47. The number of fused-ring (bicyclic) bond motifs is 1. The van der Waals surface area contributed by atoms with E-state index in [2.05, 4.69) is 15.3 Å². The van der Waals surface area contributed by atoms with Crippen molar-refractivity contribution in [2.45, 2.75) is 25.6 Å². The molecule has 25 heavy (non-hydrogen) atoms. The predicted octanol–water partition coefficient (Wildman–Crippen LogP) is 5.73. The zero-order valence-electron chi connectivity index (χ0n) is 13.5. The Hall–Kier alpha value is -2.08. The molecule has 2 nitrogen and oxygen atoms in total. The van der Waals surface area contributed by atoms with Crippen molar-refractivity contribution in [1.29, 1.82) is 0 Å². The minimum absolute atomic E-state index is 0.572. The zero-order chi connectivity index (χ0) is 17.4. The predicted molar refractivity (Wildman–Crippen MR) is 94.8 cm³/mol. The van der Waals surface area contributed by atoms with Gasteiger partial charge in [0.1, 0.15) is 5.82 Å². The lowest BCUT2D eigenvalue weighted by atomic mass is 10.1. The maximum atomic E-state index is 12.7. The van der Waals surface area contributed by atoms with Crippen molar-refractivity contribution in [1.82, 2.24) is 4.37 Å². The molecule has 1 heterocycles. The molecule has 0 aliphatic heterocycles. The number of rotatable bonds is 5. The van der Waals surface area contributed by atoms with Crippen LogP contribution in [0.25, 0.3) is 10.1 Å². The summed E-state index contributed by atoms with van der Waals surface area (Å²) >= 11 is 1.47. The lowest BCUT2D eigenvalue weighted by molar-refractivity contribution is -0.137. The Labute approximate surface area is 148 Å². The summed E-state index contributed by atoms with van der Waals surface area (Å²) in [6, 6.07) is 13.5. The highest BCUT2D eigenvalue weighted by molar-refractivity contribution is 7.13. The van der Waals surface area contributed by atoms with Gasteiger partial charge in [0, 0.05) is 18.5 Å². The Morgan fingerprint density at radius 1 is 1.04 bits per heavy atom. The van der Waals surface area contributed by atoms with Crippen LogP contribution >= 0.6 is 11.5 Å². The number of halogens is 3. The van der Waals surface area contributed by atoms with Crippen molar-refractivity contribution in [2.75, 3.05) is 11.4 Å². The van der Waals surface area contributed by atoms with Crippen LogP contribution in [-0.2, 0) is 12.7 Å². The maximum absolute atomic E-state index is 12.7. The van der Waals surface area contributed by atoms with Gasteiger partial charge in [-0.25, -0.2) is 0 Å². The van der Waals surface area contributed by atoms with Crippen molar-refractivity contribution in [3.8, 4) is 0 Å². The molecule has 2 aromatic carbocycles. The van der Waals surface area contributed by atoms with Gasteiger partial charge in [-0.2, -0.15) is 17.5 Å². The van der Waals surface area contributed by atoms with E-state index in [1.54, 1.807) is 12.1 Å². The standard InChI is InChI=1S/C19H17F3N2S/c20-19(21,22)15-9-7-14(8-10-15)12-24(11-13-5-6-13)18-16-3-1-2-4-17(16)25-23-18/h1-4,7-10,13H,5-6,11-12H2. The lowest BCUT2D eigenvalue weighted by Gasteiger charge is -2.23. The molecule has 0 atom stereocenters. The molecule has 4 rings (SSSR count). The third kappa shape index (κ3) is 3.63. The van der Waals surface area contributed by atoms with Gasteiger partial charge in [-0.1, -0.05) is 24.3 Å². The molecule has 6 heteroatoms. The molecule has 130 valence electrons. The maximum Gasteiger partial charge on any atom is 0.416 e. The van der Waals surface area contributed by atoms with Gasteiger partial charge in [0.2, 0.25) is 0 Å². The first-order chi connectivity index (χ1) is 12.0. The van der Waals surface area contributed by atoms with Crippen LogP contribution in [0.2, 0.25) is 0 Å². The molecule has 1 saturated carbocycles. The summed E-state index contributed by atoms with van der Waals surface area (Å²) < 4.78 is 44.0. The van der Waals surface area contributed by atoms with Crippen molar-refractivity contribution in [2.24, 2.45) is 5.92 Å². The number of alkyl halides is 3. The molecule has 0 spiro atoms. The Kier molecular flexibility index (Phi) is 4.15. The van der Waals surface area contributed by atoms with E-state index in [0.29, 0.717) is 12.5 Å². The first-order valence-corrected chi connectivity index (χ1v) is 9.03. The van der Waals surface area contributed by atoms with Gasteiger partial charge in [0.25, 0.3) is 0 Å². The topological polar surface area (TPSA) is 16.1 Å².